The number of benzene rings is 2. The van der Waals surface area contributed by atoms with E-state index < -0.39 is 0 Å². The summed E-state index contributed by atoms with van der Waals surface area (Å²) in [5.41, 5.74) is 1.63. The first-order chi connectivity index (χ1) is 14.1. The van der Waals surface area contributed by atoms with E-state index in [1.165, 1.54) is 12.1 Å². The number of hydrogen-bond acceptors (Lipinski definition) is 5. The summed E-state index contributed by atoms with van der Waals surface area (Å²) in [5, 5.41) is 3.99. The van der Waals surface area contributed by atoms with Gasteiger partial charge in [-0.05, 0) is 62.3 Å². The van der Waals surface area contributed by atoms with Gasteiger partial charge >= 0.3 is 0 Å². The monoisotopic (exact) mass is 394 g/mol. The maximum Gasteiger partial charge on any atom is 0.241 e. The van der Waals surface area contributed by atoms with Crippen molar-refractivity contribution >= 4 is 11.6 Å². The summed E-state index contributed by atoms with van der Waals surface area (Å²) >= 11 is 0. The van der Waals surface area contributed by atoms with Gasteiger partial charge in [-0.25, -0.2) is 4.39 Å². The lowest BCUT2D eigenvalue weighted by Gasteiger charge is -2.32. The molecule has 0 saturated carbocycles. The van der Waals surface area contributed by atoms with Crippen LogP contribution in [0, 0.1) is 11.7 Å². The Balaban J connectivity index is 1.31. The molecule has 0 spiro atoms. The Morgan fingerprint density at radius 2 is 1.83 bits per heavy atom. The normalized spacial score (nSPS) is 15.4. The molecule has 0 unspecified atom stereocenters. The van der Waals surface area contributed by atoms with Gasteiger partial charge in [0.05, 0.1) is 6.54 Å². The quantitative estimate of drug-likeness (QED) is 0.660. The molecule has 2 aromatic carbocycles. The largest absolute Gasteiger partial charge is 0.338 e. The molecular weight excluding hydrogens is 371 g/mol. The molecule has 2 heterocycles. The molecule has 1 fully saturated rings. The molecule has 0 N–H and O–H groups in total. The molecule has 7 heteroatoms. The van der Waals surface area contributed by atoms with E-state index in [9.17, 15) is 9.18 Å². The topological polar surface area (TPSA) is 62.5 Å². The highest BCUT2D eigenvalue weighted by atomic mass is 19.1. The second kappa shape index (κ2) is 8.53. The van der Waals surface area contributed by atoms with E-state index in [0.29, 0.717) is 18.3 Å². The molecule has 29 heavy (non-hydrogen) atoms. The average Bonchev–Trinajstić information content (AvgIpc) is 3.23. The summed E-state index contributed by atoms with van der Waals surface area (Å²) in [7, 11) is 1.83. The fourth-order valence-electron chi connectivity index (χ4n) is 3.62. The minimum Gasteiger partial charge on any atom is -0.338 e. The summed E-state index contributed by atoms with van der Waals surface area (Å²) < 4.78 is 18.4. The summed E-state index contributed by atoms with van der Waals surface area (Å²) in [6, 6.07) is 15.7. The zero-order chi connectivity index (χ0) is 20.2. The molecule has 1 aliphatic rings. The van der Waals surface area contributed by atoms with Crippen molar-refractivity contribution in [3.63, 3.8) is 0 Å². The van der Waals surface area contributed by atoms with Gasteiger partial charge in [0.1, 0.15) is 5.82 Å². The third-order valence-electron chi connectivity index (χ3n) is 5.34. The highest BCUT2D eigenvalue weighted by Crippen LogP contribution is 2.24. The predicted molar refractivity (Wildman–Crippen MR) is 108 cm³/mol. The van der Waals surface area contributed by atoms with Gasteiger partial charge in [0.25, 0.3) is 0 Å². The number of rotatable bonds is 5. The molecular formula is C22H23FN4O2. The van der Waals surface area contributed by atoms with Crippen LogP contribution in [0.4, 0.5) is 10.1 Å². The molecule has 1 aromatic heterocycles. The summed E-state index contributed by atoms with van der Waals surface area (Å²) in [5.74, 6) is 0.860. The molecule has 0 bridgehead atoms. The fourth-order valence-corrected chi connectivity index (χ4v) is 3.62. The van der Waals surface area contributed by atoms with Crippen molar-refractivity contribution in [3.05, 3.63) is 66.3 Å². The van der Waals surface area contributed by atoms with Crippen LogP contribution in [0.15, 0.2) is 59.1 Å². The summed E-state index contributed by atoms with van der Waals surface area (Å²) in [4.78, 5) is 21.2. The third kappa shape index (κ3) is 4.51. The standard InChI is InChI=1S/C22H23FN4O2/c1-26(19-5-3-2-4-6-19)22(28)17-11-13-27(14-12-17)15-20-24-21(25-29-20)16-7-9-18(23)10-8-16/h2-10,17H,11-15H2,1H3. The van der Waals surface area contributed by atoms with E-state index in [4.69, 9.17) is 4.52 Å². The number of hydrogen-bond donors (Lipinski definition) is 0. The number of likely N-dealkylation sites (tertiary alicyclic amines) is 1. The molecule has 1 saturated heterocycles. The van der Waals surface area contributed by atoms with Crippen molar-refractivity contribution in [3.8, 4) is 11.4 Å². The van der Waals surface area contributed by atoms with E-state index in [1.54, 1.807) is 17.0 Å². The van der Waals surface area contributed by atoms with Crippen LogP contribution >= 0.6 is 0 Å². The number of anilines is 1. The lowest BCUT2D eigenvalue weighted by Crippen LogP contribution is -2.41. The number of nitrogens with zero attached hydrogens (tertiary/aromatic N) is 4. The van der Waals surface area contributed by atoms with Gasteiger partial charge < -0.3 is 9.42 Å². The highest BCUT2D eigenvalue weighted by molar-refractivity contribution is 5.94. The Kier molecular flexibility index (Phi) is 5.67. The highest BCUT2D eigenvalue weighted by Gasteiger charge is 2.28. The minimum atomic E-state index is -0.298. The van der Waals surface area contributed by atoms with Crippen molar-refractivity contribution in [2.24, 2.45) is 5.92 Å². The van der Waals surface area contributed by atoms with Crippen molar-refractivity contribution < 1.29 is 13.7 Å². The van der Waals surface area contributed by atoms with Gasteiger partial charge in [0.15, 0.2) is 0 Å². The maximum atomic E-state index is 13.1. The smallest absolute Gasteiger partial charge is 0.241 e. The van der Waals surface area contributed by atoms with E-state index in [1.807, 2.05) is 37.4 Å². The van der Waals surface area contributed by atoms with E-state index in [0.717, 1.165) is 37.2 Å². The van der Waals surface area contributed by atoms with Crippen LogP contribution in [-0.4, -0.2) is 41.1 Å². The van der Waals surface area contributed by atoms with Gasteiger partial charge in [-0.2, -0.15) is 4.98 Å². The van der Waals surface area contributed by atoms with Crippen molar-refractivity contribution in [1.82, 2.24) is 15.0 Å². The average molecular weight is 394 g/mol. The number of carbonyl (C=O) groups is 1. The van der Waals surface area contributed by atoms with Crippen molar-refractivity contribution in [1.29, 1.82) is 0 Å². The Morgan fingerprint density at radius 1 is 1.14 bits per heavy atom. The maximum absolute atomic E-state index is 13.1. The lowest BCUT2D eigenvalue weighted by molar-refractivity contribution is -0.123. The molecule has 0 atom stereocenters. The molecule has 0 aliphatic carbocycles. The van der Waals surface area contributed by atoms with Crippen molar-refractivity contribution in [2.75, 3.05) is 25.0 Å². The Labute approximate surface area is 168 Å². The third-order valence-corrected chi connectivity index (χ3v) is 5.34. The minimum absolute atomic E-state index is 0.0221. The number of amides is 1. The number of halogens is 1. The predicted octanol–water partition coefficient (Wildman–Crippen LogP) is 3.75. The number of piperidine rings is 1. The van der Waals surface area contributed by atoms with Crippen LogP contribution in [0.3, 0.4) is 0 Å². The molecule has 150 valence electrons. The van der Waals surface area contributed by atoms with Gasteiger partial charge in [-0.15, -0.1) is 0 Å². The van der Waals surface area contributed by atoms with Gasteiger partial charge in [0.2, 0.25) is 17.6 Å². The molecule has 0 radical (unpaired) electrons. The Morgan fingerprint density at radius 3 is 2.52 bits per heavy atom. The van der Waals surface area contributed by atoms with Crippen LogP contribution < -0.4 is 4.90 Å². The number of carbonyl (C=O) groups excluding carboxylic acids is 1. The van der Waals surface area contributed by atoms with Crippen molar-refractivity contribution in [2.45, 2.75) is 19.4 Å². The number of para-hydroxylation sites is 1. The summed E-state index contributed by atoms with van der Waals surface area (Å²) in [6.07, 6.45) is 1.60. The molecule has 3 aromatic rings. The van der Waals surface area contributed by atoms with Crippen LogP contribution in [0.25, 0.3) is 11.4 Å². The molecule has 1 amide bonds. The Bertz CT molecular complexity index is 950. The second-order valence-electron chi connectivity index (χ2n) is 7.30. The van der Waals surface area contributed by atoms with Crippen LogP contribution in [-0.2, 0) is 11.3 Å². The zero-order valence-electron chi connectivity index (χ0n) is 16.3. The molecule has 4 rings (SSSR count). The van der Waals surface area contributed by atoms with Gasteiger partial charge in [-0.3, -0.25) is 9.69 Å². The molecule has 6 nitrogen and oxygen atoms in total. The first-order valence-corrected chi connectivity index (χ1v) is 9.73. The van der Waals surface area contributed by atoms with Crippen LogP contribution in [0.1, 0.15) is 18.7 Å². The molecule has 1 aliphatic heterocycles. The first kappa shape index (κ1) is 19.3. The summed E-state index contributed by atoms with van der Waals surface area (Å²) in [6.45, 7) is 2.14. The lowest BCUT2D eigenvalue weighted by atomic mass is 9.95. The second-order valence-corrected chi connectivity index (χ2v) is 7.30. The number of aromatic nitrogens is 2. The van der Waals surface area contributed by atoms with Gasteiger partial charge in [-0.1, -0.05) is 23.4 Å². The van der Waals surface area contributed by atoms with Crippen LogP contribution in [0.2, 0.25) is 0 Å². The van der Waals surface area contributed by atoms with E-state index >= 15 is 0 Å². The SMILES string of the molecule is CN(C(=O)C1CCN(Cc2nc(-c3ccc(F)cc3)no2)CC1)c1ccccc1. The zero-order valence-corrected chi connectivity index (χ0v) is 16.3. The first-order valence-electron chi connectivity index (χ1n) is 9.73. The Hall–Kier alpha value is -3.06. The van der Waals surface area contributed by atoms with Crippen LogP contribution in [0.5, 0.6) is 0 Å². The fraction of sp³-hybridized carbons (Fsp3) is 0.318. The van der Waals surface area contributed by atoms with E-state index in [2.05, 4.69) is 15.0 Å². The van der Waals surface area contributed by atoms with Gasteiger partial charge in [0, 0.05) is 24.2 Å². The van der Waals surface area contributed by atoms with E-state index in [-0.39, 0.29) is 17.6 Å².